The number of hydrazine groups is 1. The number of amides is 2. The van der Waals surface area contributed by atoms with Crippen molar-refractivity contribution in [2.45, 2.75) is 39.2 Å². The zero-order valence-electron chi connectivity index (χ0n) is 17.7. The van der Waals surface area contributed by atoms with E-state index in [0.29, 0.717) is 24.3 Å². The third-order valence-corrected chi connectivity index (χ3v) is 5.13. The van der Waals surface area contributed by atoms with Crippen LogP contribution in [-0.2, 0) is 25.5 Å². The summed E-state index contributed by atoms with van der Waals surface area (Å²) in [5, 5.41) is 3.33. The molecule has 0 aliphatic heterocycles. The molecule has 7 nitrogen and oxygen atoms in total. The topological polar surface area (TPSA) is 111 Å². The minimum atomic E-state index is -0.931. The summed E-state index contributed by atoms with van der Waals surface area (Å²) < 4.78 is 5.04. The normalized spacial score (nSPS) is 12.5. The number of carbonyl (C=O) groups excluding carboxylic acids is 3. The summed E-state index contributed by atoms with van der Waals surface area (Å²) >= 11 is 6.06. The molecule has 0 fully saturated rings. The van der Waals surface area contributed by atoms with Crippen molar-refractivity contribution in [3.05, 3.63) is 59.1 Å². The van der Waals surface area contributed by atoms with E-state index in [-0.39, 0.29) is 12.6 Å². The van der Waals surface area contributed by atoms with E-state index in [9.17, 15) is 14.4 Å². The molecule has 0 aliphatic carbocycles. The van der Waals surface area contributed by atoms with E-state index in [0.717, 1.165) is 16.7 Å². The monoisotopic (exact) mass is 445 g/mol. The first-order valence-electron chi connectivity index (χ1n) is 10.2. The second-order valence-electron chi connectivity index (χ2n) is 7.28. The van der Waals surface area contributed by atoms with Gasteiger partial charge in [0.25, 0.3) is 0 Å². The van der Waals surface area contributed by atoms with Crippen LogP contribution in [0.4, 0.5) is 0 Å². The Morgan fingerprint density at radius 2 is 1.77 bits per heavy atom. The van der Waals surface area contributed by atoms with Crippen molar-refractivity contribution in [3.8, 4) is 11.1 Å². The van der Waals surface area contributed by atoms with Crippen LogP contribution in [0.2, 0.25) is 5.02 Å². The van der Waals surface area contributed by atoms with Gasteiger partial charge in [0, 0.05) is 11.1 Å². The number of halogens is 1. The molecule has 0 radical (unpaired) electrons. The van der Waals surface area contributed by atoms with E-state index in [1.807, 2.05) is 54.0 Å². The Labute approximate surface area is 187 Å². The van der Waals surface area contributed by atoms with Crippen LogP contribution in [0.5, 0.6) is 0 Å². The zero-order valence-corrected chi connectivity index (χ0v) is 18.4. The number of carbonyl (C=O) groups is 3. The Kier molecular flexibility index (Phi) is 9.49. The van der Waals surface area contributed by atoms with E-state index in [4.69, 9.17) is 22.2 Å². The first-order chi connectivity index (χ1) is 14.8. The number of nitrogens with two attached hydrogens (primary N) is 1. The molecule has 0 aliphatic rings. The van der Waals surface area contributed by atoms with Crippen molar-refractivity contribution in [2.24, 2.45) is 11.8 Å². The number of aryl methyl sites for hydroxylation is 1. The highest BCUT2D eigenvalue weighted by Gasteiger charge is 2.23. The number of hydrogen-bond acceptors (Lipinski definition) is 5. The van der Waals surface area contributed by atoms with Crippen molar-refractivity contribution in [1.29, 1.82) is 0 Å². The summed E-state index contributed by atoms with van der Waals surface area (Å²) in [6.45, 7) is 3.76. The third-order valence-electron chi connectivity index (χ3n) is 4.89. The minimum absolute atomic E-state index is 0.286. The van der Waals surface area contributed by atoms with Gasteiger partial charge >= 0.3 is 17.8 Å². The average molecular weight is 446 g/mol. The van der Waals surface area contributed by atoms with Gasteiger partial charge in [0.2, 0.25) is 0 Å². The van der Waals surface area contributed by atoms with Gasteiger partial charge in [-0.25, -0.2) is 5.84 Å². The van der Waals surface area contributed by atoms with Crippen LogP contribution in [0.25, 0.3) is 11.1 Å². The smallest absolute Gasteiger partial charge is 0.323 e. The van der Waals surface area contributed by atoms with Gasteiger partial charge < -0.3 is 10.1 Å². The summed E-state index contributed by atoms with van der Waals surface area (Å²) in [7, 11) is 0. The molecule has 2 aromatic rings. The lowest BCUT2D eigenvalue weighted by atomic mass is 9.95. The van der Waals surface area contributed by atoms with E-state index in [2.05, 4.69) is 5.32 Å². The first-order valence-corrected chi connectivity index (χ1v) is 10.5. The molecule has 31 heavy (non-hydrogen) atoms. The van der Waals surface area contributed by atoms with Crippen molar-refractivity contribution in [2.75, 3.05) is 6.61 Å². The highest BCUT2D eigenvalue weighted by atomic mass is 35.5. The predicted octanol–water partition coefficient (Wildman–Crippen LogP) is 3.00. The number of ether oxygens (including phenoxy) is 1. The molecule has 0 saturated heterocycles. The maximum absolute atomic E-state index is 12.0. The summed E-state index contributed by atoms with van der Waals surface area (Å²) in [6, 6.07) is 15.3. The van der Waals surface area contributed by atoms with Gasteiger partial charge in [-0.1, -0.05) is 54.9 Å². The van der Waals surface area contributed by atoms with Crippen LogP contribution in [0.15, 0.2) is 48.5 Å². The lowest BCUT2D eigenvalue weighted by molar-refractivity contribution is -0.148. The van der Waals surface area contributed by atoms with Crippen molar-refractivity contribution in [3.63, 3.8) is 0 Å². The fraction of sp³-hybridized carbons (Fsp3) is 0.348. The molecule has 2 aromatic carbocycles. The molecular weight excluding hydrogens is 418 g/mol. The lowest BCUT2D eigenvalue weighted by Crippen LogP contribution is -2.47. The Hall–Kier alpha value is -2.90. The fourth-order valence-corrected chi connectivity index (χ4v) is 3.44. The summed E-state index contributed by atoms with van der Waals surface area (Å²) in [5.74, 6) is 2.51. The number of hydrogen-bond donors (Lipinski definition) is 3. The van der Waals surface area contributed by atoms with Gasteiger partial charge in [-0.05, 0) is 55.0 Å². The van der Waals surface area contributed by atoms with E-state index in [1.165, 1.54) is 0 Å². The van der Waals surface area contributed by atoms with Crippen LogP contribution in [0, 0.1) is 5.92 Å². The molecule has 166 valence electrons. The number of esters is 1. The van der Waals surface area contributed by atoms with Gasteiger partial charge in [0.15, 0.2) is 0 Å². The molecule has 2 atom stereocenters. The molecule has 0 bridgehead atoms. The molecule has 0 aromatic heterocycles. The van der Waals surface area contributed by atoms with Gasteiger partial charge in [-0.2, -0.15) is 0 Å². The largest absolute Gasteiger partial charge is 0.466 e. The molecular formula is C23H28ClN3O4. The standard InChI is InChI=1S/C23H28ClN3O4/c1-3-31-23(30)15(2)13-20(26-21(28)22(29)27-25)12-9-16-7-10-17(11-8-16)18-5-4-6-19(24)14-18/h4-8,10-11,14-15,20H,3,9,12-13,25H2,1-2H3,(H,26,28)(H,27,29)/t15?,20-/m1/s1. The summed E-state index contributed by atoms with van der Waals surface area (Å²) in [4.78, 5) is 35.4. The second-order valence-corrected chi connectivity index (χ2v) is 7.72. The van der Waals surface area contributed by atoms with Crippen LogP contribution in [0.3, 0.4) is 0 Å². The van der Waals surface area contributed by atoms with E-state index < -0.39 is 23.8 Å². The summed E-state index contributed by atoms with van der Waals surface area (Å²) in [5.41, 5.74) is 4.96. The van der Waals surface area contributed by atoms with Crippen molar-refractivity contribution >= 4 is 29.4 Å². The van der Waals surface area contributed by atoms with Crippen molar-refractivity contribution in [1.82, 2.24) is 10.7 Å². The highest BCUT2D eigenvalue weighted by Crippen LogP contribution is 2.23. The van der Waals surface area contributed by atoms with Gasteiger partial charge in [-0.15, -0.1) is 0 Å². The van der Waals surface area contributed by atoms with Crippen LogP contribution in [-0.4, -0.2) is 30.4 Å². The average Bonchev–Trinajstić information content (AvgIpc) is 2.77. The van der Waals surface area contributed by atoms with Crippen molar-refractivity contribution < 1.29 is 19.1 Å². The van der Waals surface area contributed by atoms with E-state index in [1.54, 1.807) is 13.8 Å². The van der Waals surface area contributed by atoms with Crippen LogP contribution >= 0.6 is 11.6 Å². The number of rotatable bonds is 9. The van der Waals surface area contributed by atoms with Gasteiger partial charge in [-0.3, -0.25) is 19.8 Å². The van der Waals surface area contributed by atoms with Crippen LogP contribution in [0.1, 0.15) is 32.3 Å². The Balaban J connectivity index is 2.04. The molecule has 2 rings (SSSR count). The van der Waals surface area contributed by atoms with Gasteiger partial charge in [0.05, 0.1) is 12.5 Å². The Bertz CT molecular complexity index is 902. The fourth-order valence-electron chi connectivity index (χ4n) is 3.25. The molecule has 0 spiro atoms. The first kappa shape index (κ1) is 24.4. The van der Waals surface area contributed by atoms with E-state index >= 15 is 0 Å². The second kappa shape index (κ2) is 12.1. The third kappa shape index (κ3) is 7.70. The molecule has 4 N–H and O–H groups in total. The lowest BCUT2D eigenvalue weighted by Gasteiger charge is -2.21. The highest BCUT2D eigenvalue weighted by molar-refractivity contribution is 6.35. The van der Waals surface area contributed by atoms with Gasteiger partial charge in [0.1, 0.15) is 0 Å². The molecule has 0 saturated carbocycles. The maximum Gasteiger partial charge on any atom is 0.323 e. The quantitative estimate of drug-likeness (QED) is 0.181. The number of benzene rings is 2. The molecule has 0 heterocycles. The molecule has 2 amide bonds. The predicted molar refractivity (Wildman–Crippen MR) is 120 cm³/mol. The molecule has 8 heteroatoms. The SMILES string of the molecule is CCOC(=O)C(C)C[C@@H](CCc1ccc(-c2cccc(Cl)c2)cc1)NC(=O)C(=O)NN. The Morgan fingerprint density at radius 3 is 2.39 bits per heavy atom. The Morgan fingerprint density at radius 1 is 1.06 bits per heavy atom. The number of nitrogens with one attached hydrogen (secondary N) is 2. The maximum atomic E-state index is 12.0. The summed E-state index contributed by atoms with van der Waals surface area (Å²) in [6.07, 6.45) is 1.55. The van der Waals surface area contributed by atoms with Crippen LogP contribution < -0.4 is 16.6 Å². The minimum Gasteiger partial charge on any atom is -0.466 e. The zero-order chi connectivity index (χ0) is 22.8. The molecule has 1 unspecified atom stereocenters.